The van der Waals surface area contributed by atoms with Gasteiger partial charge in [0.05, 0.1) is 0 Å². The van der Waals surface area contributed by atoms with Crippen molar-refractivity contribution in [1.29, 1.82) is 0 Å². The van der Waals surface area contributed by atoms with Crippen LogP contribution in [-0.4, -0.2) is 36.0 Å². The molecule has 0 spiro atoms. The van der Waals surface area contributed by atoms with Crippen molar-refractivity contribution in [2.24, 2.45) is 0 Å². The van der Waals surface area contributed by atoms with Crippen molar-refractivity contribution in [3.05, 3.63) is 58.4 Å². The van der Waals surface area contributed by atoms with Gasteiger partial charge in [0.15, 0.2) is 6.61 Å². The fraction of sp³-hybridized carbons (Fsp3) is 0.333. The first-order valence-electron chi connectivity index (χ1n) is 7.50. The maximum Gasteiger partial charge on any atom is 0.260 e. The highest BCUT2D eigenvalue weighted by Gasteiger charge is 2.11. The zero-order chi connectivity index (χ0) is 16.8. The first-order chi connectivity index (χ1) is 11.0. The van der Waals surface area contributed by atoms with E-state index in [1.54, 1.807) is 24.3 Å². The number of carbonyl (C=O) groups excluding carboxylic acids is 1. The number of rotatable bonds is 6. The molecule has 1 aromatic heterocycles. The Morgan fingerprint density at radius 1 is 1.22 bits per heavy atom. The van der Waals surface area contributed by atoms with Gasteiger partial charge >= 0.3 is 0 Å². The molecule has 0 aliphatic carbocycles. The van der Waals surface area contributed by atoms with Gasteiger partial charge in [0.1, 0.15) is 5.75 Å². The Morgan fingerprint density at radius 2 is 1.83 bits per heavy atom. The second-order valence-electron chi connectivity index (χ2n) is 5.58. The Bertz CT molecular complexity index is 651. The quantitative estimate of drug-likeness (QED) is 0.814. The molecular formula is C18H21ClN2O2. The SMILES string of the molecule is Cc1cc(OCC(=O)N(C)CCc2ccncc2)cc(C)c1Cl. The predicted octanol–water partition coefficient (Wildman–Crippen LogP) is 3.43. The van der Waals surface area contributed by atoms with Crippen molar-refractivity contribution in [3.8, 4) is 5.75 Å². The standard InChI is InChI=1S/C18H21ClN2O2/c1-13-10-16(11-14(2)18(13)19)23-12-17(22)21(3)9-6-15-4-7-20-8-5-15/h4-5,7-8,10-11H,6,9,12H2,1-3H3. The molecule has 2 rings (SSSR count). The number of benzene rings is 1. The lowest BCUT2D eigenvalue weighted by molar-refractivity contribution is -0.132. The van der Waals surface area contributed by atoms with Crippen molar-refractivity contribution in [2.75, 3.05) is 20.2 Å². The maximum absolute atomic E-state index is 12.1. The van der Waals surface area contributed by atoms with Crippen LogP contribution in [0.3, 0.4) is 0 Å². The third-order valence-electron chi connectivity index (χ3n) is 3.68. The summed E-state index contributed by atoms with van der Waals surface area (Å²) in [6.45, 7) is 4.51. The minimum absolute atomic E-state index is 0.0212. The van der Waals surface area contributed by atoms with E-state index in [4.69, 9.17) is 16.3 Å². The minimum atomic E-state index is -0.0516. The number of nitrogens with zero attached hydrogens (tertiary/aromatic N) is 2. The second kappa shape index (κ2) is 7.97. The summed E-state index contributed by atoms with van der Waals surface area (Å²) in [5.41, 5.74) is 3.05. The Balaban J connectivity index is 1.84. The van der Waals surface area contributed by atoms with Gasteiger partial charge in [-0.05, 0) is 61.2 Å². The summed E-state index contributed by atoms with van der Waals surface area (Å²) in [6, 6.07) is 7.60. The van der Waals surface area contributed by atoms with Crippen LogP contribution in [0.15, 0.2) is 36.7 Å². The van der Waals surface area contributed by atoms with E-state index in [9.17, 15) is 4.79 Å². The lowest BCUT2D eigenvalue weighted by Crippen LogP contribution is -2.33. The van der Waals surface area contributed by atoms with Gasteiger partial charge in [-0.2, -0.15) is 0 Å². The fourth-order valence-corrected chi connectivity index (χ4v) is 2.32. The van der Waals surface area contributed by atoms with Crippen LogP contribution in [0.25, 0.3) is 0 Å². The number of hydrogen-bond acceptors (Lipinski definition) is 3. The molecule has 2 aromatic rings. The smallest absolute Gasteiger partial charge is 0.260 e. The first-order valence-corrected chi connectivity index (χ1v) is 7.87. The monoisotopic (exact) mass is 332 g/mol. The van der Waals surface area contributed by atoms with Crippen LogP contribution in [0.1, 0.15) is 16.7 Å². The van der Waals surface area contributed by atoms with E-state index in [0.717, 1.165) is 28.1 Å². The van der Waals surface area contributed by atoms with E-state index in [2.05, 4.69) is 4.98 Å². The summed E-state index contributed by atoms with van der Waals surface area (Å²) < 4.78 is 5.60. The van der Waals surface area contributed by atoms with E-state index in [-0.39, 0.29) is 12.5 Å². The van der Waals surface area contributed by atoms with E-state index in [0.29, 0.717) is 12.3 Å². The molecule has 5 heteroatoms. The third-order valence-corrected chi connectivity index (χ3v) is 4.28. The van der Waals surface area contributed by atoms with Crippen molar-refractivity contribution in [1.82, 2.24) is 9.88 Å². The average Bonchev–Trinajstić information content (AvgIpc) is 2.56. The zero-order valence-corrected chi connectivity index (χ0v) is 14.4. The molecule has 1 heterocycles. The molecule has 0 aliphatic rings. The average molecular weight is 333 g/mol. The van der Waals surface area contributed by atoms with Gasteiger partial charge in [0.25, 0.3) is 5.91 Å². The molecule has 0 radical (unpaired) electrons. The molecule has 0 saturated heterocycles. The zero-order valence-electron chi connectivity index (χ0n) is 13.7. The highest BCUT2D eigenvalue weighted by Crippen LogP contribution is 2.25. The number of halogens is 1. The number of aromatic nitrogens is 1. The second-order valence-corrected chi connectivity index (χ2v) is 5.96. The van der Waals surface area contributed by atoms with Crippen LogP contribution in [0, 0.1) is 13.8 Å². The van der Waals surface area contributed by atoms with Crippen molar-refractivity contribution >= 4 is 17.5 Å². The van der Waals surface area contributed by atoms with Crippen molar-refractivity contribution < 1.29 is 9.53 Å². The summed E-state index contributed by atoms with van der Waals surface area (Å²) >= 11 is 6.13. The van der Waals surface area contributed by atoms with Gasteiger partial charge in [-0.3, -0.25) is 9.78 Å². The minimum Gasteiger partial charge on any atom is -0.484 e. The largest absolute Gasteiger partial charge is 0.484 e. The van der Waals surface area contributed by atoms with E-state index in [1.807, 2.05) is 38.1 Å². The molecule has 4 nitrogen and oxygen atoms in total. The van der Waals surface area contributed by atoms with Crippen LogP contribution in [0.5, 0.6) is 5.75 Å². The molecule has 1 aromatic carbocycles. The van der Waals surface area contributed by atoms with Crippen molar-refractivity contribution in [3.63, 3.8) is 0 Å². The topological polar surface area (TPSA) is 42.4 Å². The molecule has 1 amide bonds. The Kier molecular flexibility index (Phi) is 5.99. The molecule has 0 saturated carbocycles. The number of pyridine rings is 1. The summed E-state index contributed by atoms with van der Waals surface area (Å²) in [6.07, 6.45) is 4.31. The van der Waals surface area contributed by atoms with Crippen LogP contribution in [-0.2, 0) is 11.2 Å². The fourth-order valence-electron chi connectivity index (χ4n) is 2.22. The van der Waals surface area contributed by atoms with Crippen LogP contribution in [0.2, 0.25) is 5.02 Å². The molecule has 0 fully saturated rings. The molecule has 0 N–H and O–H groups in total. The molecule has 0 bridgehead atoms. The van der Waals surface area contributed by atoms with Gasteiger partial charge < -0.3 is 9.64 Å². The number of aryl methyl sites for hydroxylation is 2. The lowest BCUT2D eigenvalue weighted by atomic mass is 10.1. The Hall–Kier alpha value is -2.07. The summed E-state index contributed by atoms with van der Waals surface area (Å²) in [5.74, 6) is 0.615. The Labute approximate surface area is 142 Å². The number of hydrogen-bond donors (Lipinski definition) is 0. The van der Waals surface area contributed by atoms with E-state index >= 15 is 0 Å². The first kappa shape index (κ1) is 17.3. The molecular weight excluding hydrogens is 312 g/mol. The lowest BCUT2D eigenvalue weighted by Gasteiger charge is -2.18. The van der Waals surface area contributed by atoms with Gasteiger partial charge in [0.2, 0.25) is 0 Å². The molecule has 0 atom stereocenters. The van der Waals surface area contributed by atoms with Crippen molar-refractivity contribution in [2.45, 2.75) is 20.3 Å². The van der Waals surface area contributed by atoms with Gasteiger partial charge in [-0.15, -0.1) is 0 Å². The van der Waals surface area contributed by atoms with E-state index < -0.39 is 0 Å². The van der Waals surface area contributed by atoms with Gasteiger partial charge in [0, 0.05) is 31.0 Å². The molecule has 122 valence electrons. The number of ether oxygens (including phenoxy) is 1. The third kappa shape index (κ3) is 4.96. The Morgan fingerprint density at radius 3 is 2.43 bits per heavy atom. The summed E-state index contributed by atoms with van der Waals surface area (Å²) in [7, 11) is 1.78. The molecule has 23 heavy (non-hydrogen) atoms. The van der Waals surface area contributed by atoms with Crippen LogP contribution >= 0.6 is 11.6 Å². The summed E-state index contributed by atoms with van der Waals surface area (Å²) in [5, 5.41) is 0.734. The number of amides is 1. The summed E-state index contributed by atoms with van der Waals surface area (Å²) in [4.78, 5) is 17.8. The van der Waals surface area contributed by atoms with Gasteiger partial charge in [-0.25, -0.2) is 0 Å². The normalized spacial score (nSPS) is 10.4. The molecule has 0 aliphatic heterocycles. The maximum atomic E-state index is 12.1. The highest BCUT2D eigenvalue weighted by atomic mass is 35.5. The van der Waals surface area contributed by atoms with E-state index in [1.165, 1.54) is 0 Å². The predicted molar refractivity (Wildman–Crippen MR) is 92.0 cm³/mol. The highest BCUT2D eigenvalue weighted by molar-refractivity contribution is 6.32. The van der Waals surface area contributed by atoms with Crippen LogP contribution < -0.4 is 4.74 Å². The molecule has 0 unspecified atom stereocenters. The van der Waals surface area contributed by atoms with Gasteiger partial charge in [-0.1, -0.05) is 11.6 Å². The number of likely N-dealkylation sites (N-methyl/N-ethyl adjacent to an activating group) is 1. The van der Waals surface area contributed by atoms with Crippen LogP contribution in [0.4, 0.5) is 0 Å². The number of carbonyl (C=O) groups is 1.